The second kappa shape index (κ2) is 5.50. The molecule has 0 saturated heterocycles. The van der Waals surface area contributed by atoms with Crippen LogP contribution in [0.25, 0.3) is 0 Å². The van der Waals surface area contributed by atoms with Crippen LogP contribution in [0.15, 0.2) is 4.99 Å². The number of hydrazine groups is 1. The fourth-order valence-corrected chi connectivity index (χ4v) is 1.52. The minimum Gasteiger partial charge on any atom is -0.356 e. The molecule has 90 valence electrons. The van der Waals surface area contributed by atoms with Crippen LogP contribution in [0.1, 0.15) is 23.9 Å². The van der Waals surface area contributed by atoms with Gasteiger partial charge in [-0.2, -0.15) is 5.10 Å². The summed E-state index contributed by atoms with van der Waals surface area (Å²) in [4.78, 5) is 4.35. The zero-order chi connectivity index (χ0) is 12.1. The first-order valence-corrected chi connectivity index (χ1v) is 5.34. The SMILES string of the molecule is CCNC(=NCc1c(C)nn(C)c1C)NN. The molecule has 0 fully saturated rings. The summed E-state index contributed by atoms with van der Waals surface area (Å²) in [5, 5.41) is 7.37. The van der Waals surface area contributed by atoms with Gasteiger partial charge < -0.3 is 5.32 Å². The molecule has 4 N–H and O–H groups in total. The molecule has 1 heterocycles. The molecule has 0 aliphatic rings. The average Bonchev–Trinajstić information content (AvgIpc) is 2.49. The van der Waals surface area contributed by atoms with E-state index < -0.39 is 0 Å². The van der Waals surface area contributed by atoms with E-state index in [1.54, 1.807) is 0 Å². The molecular weight excluding hydrogens is 204 g/mol. The van der Waals surface area contributed by atoms with Gasteiger partial charge in [0.15, 0.2) is 0 Å². The van der Waals surface area contributed by atoms with Crippen molar-refractivity contribution in [2.24, 2.45) is 17.9 Å². The van der Waals surface area contributed by atoms with Gasteiger partial charge in [-0.25, -0.2) is 10.8 Å². The molecule has 1 aromatic heterocycles. The molecule has 1 aromatic rings. The predicted octanol–water partition coefficient (Wildman–Crippen LogP) is -0.0343. The van der Waals surface area contributed by atoms with E-state index in [0.29, 0.717) is 12.5 Å². The summed E-state index contributed by atoms with van der Waals surface area (Å²) in [6.45, 7) is 7.38. The minimum absolute atomic E-state index is 0.581. The summed E-state index contributed by atoms with van der Waals surface area (Å²) in [6.07, 6.45) is 0. The Labute approximate surface area is 95.9 Å². The number of nitrogens with two attached hydrogens (primary N) is 1. The van der Waals surface area contributed by atoms with Crippen LogP contribution in [0.5, 0.6) is 0 Å². The number of nitrogens with zero attached hydrogens (tertiary/aromatic N) is 3. The second-order valence-corrected chi connectivity index (χ2v) is 3.61. The lowest BCUT2D eigenvalue weighted by Gasteiger charge is -2.06. The first-order valence-electron chi connectivity index (χ1n) is 5.34. The number of guanidine groups is 1. The Morgan fingerprint density at radius 1 is 1.50 bits per heavy atom. The Hall–Kier alpha value is -1.56. The Balaban J connectivity index is 2.80. The number of nitrogens with one attached hydrogen (secondary N) is 2. The first kappa shape index (κ1) is 12.5. The molecule has 0 atom stereocenters. The number of rotatable bonds is 3. The van der Waals surface area contributed by atoms with Gasteiger partial charge in [0, 0.05) is 24.8 Å². The molecule has 6 nitrogen and oxygen atoms in total. The molecule has 1 rings (SSSR count). The first-order chi connectivity index (χ1) is 7.60. The van der Waals surface area contributed by atoms with Crippen molar-refractivity contribution in [1.82, 2.24) is 20.5 Å². The second-order valence-electron chi connectivity index (χ2n) is 3.61. The maximum Gasteiger partial charge on any atom is 0.206 e. The molecule has 16 heavy (non-hydrogen) atoms. The normalized spacial score (nSPS) is 11.7. The Bertz CT molecular complexity index is 379. The molecule has 0 spiro atoms. The van der Waals surface area contributed by atoms with Crippen LogP contribution in [-0.2, 0) is 13.6 Å². The summed E-state index contributed by atoms with van der Waals surface area (Å²) in [7, 11) is 1.93. The van der Waals surface area contributed by atoms with E-state index in [1.165, 1.54) is 0 Å². The molecule has 0 aliphatic heterocycles. The Morgan fingerprint density at radius 3 is 2.62 bits per heavy atom. The number of aromatic nitrogens is 2. The van der Waals surface area contributed by atoms with Crippen molar-refractivity contribution in [3.63, 3.8) is 0 Å². The summed E-state index contributed by atoms with van der Waals surface area (Å²) in [6, 6.07) is 0. The van der Waals surface area contributed by atoms with Gasteiger partial charge in [-0.1, -0.05) is 0 Å². The van der Waals surface area contributed by atoms with Crippen LogP contribution in [-0.4, -0.2) is 22.3 Å². The topological polar surface area (TPSA) is 80.3 Å². The lowest BCUT2D eigenvalue weighted by atomic mass is 10.2. The Kier molecular flexibility index (Phi) is 4.30. The van der Waals surface area contributed by atoms with Crippen LogP contribution in [0.3, 0.4) is 0 Å². The molecule has 6 heteroatoms. The zero-order valence-electron chi connectivity index (χ0n) is 10.3. The van der Waals surface area contributed by atoms with Crippen molar-refractivity contribution in [2.45, 2.75) is 27.3 Å². The quantitative estimate of drug-likeness (QED) is 0.291. The van der Waals surface area contributed by atoms with Gasteiger partial charge in [-0.15, -0.1) is 0 Å². The van der Waals surface area contributed by atoms with Crippen molar-refractivity contribution in [3.05, 3.63) is 17.0 Å². The van der Waals surface area contributed by atoms with Crippen LogP contribution in [0.2, 0.25) is 0 Å². The highest BCUT2D eigenvalue weighted by atomic mass is 15.3. The lowest BCUT2D eigenvalue weighted by molar-refractivity contribution is 0.730. The summed E-state index contributed by atoms with van der Waals surface area (Å²) >= 11 is 0. The van der Waals surface area contributed by atoms with Gasteiger partial charge >= 0.3 is 0 Å². The Morgan fingerprint density at radius 2 is 2.19 bits per heavy atom. The van der Waals surface area contributed by atoms with Crippen molar-refractivity contribution in [3.8, 4) is 0 Å². The van der Waals surface area contributed by atoms with E-state index in [9.17, 15) is 0 Å². The van der Waals surface area contributed by atoms with E-state index >= 15 is 0 Å². The van der Waals surface area contributed by atoms with Crippen molar-refractivity contribution >= 4 is 5.96 Å². The average molecular weight is 224 g/mol. The third kappa shape index (κ3) is 2.73. The highest BCUT2D eigenvalue weighted by molar-refractivity contribution is 5.79. The lowest BCUT2D eigenvalue weighted by Crippen LogP contribution is -2.41. The highest BCUT2D eigenvalue weighted by Crippen LogP contribution is 2.12. The largest absolute Gasteiger partial charge is 0.356 e. The number of aryl methyl sites for hydroxylation is 2. The fourth-order valence-electron chi connectivity index (χ4n) is 1.52. The maximum absolute atomic E-state index is 5.34. The number of hydrogen-bond donors (Lipinski definition) is 3. The molecule has 0 aliphatic carbocycles. The molecule has 0 aromatic carbocycles. The van der Waals surface area contributed by atoms with Gasteiger partial charge in [0.2, 0.25) is 5.96 Å². The maximum atomic E-state index is 5.34. The number of hydrogen-bond acceptors (Lipinski definition) is 3. The summed E-state index contributed by atoms with van der Waals surface area (Å²) in [5.41, 5.74) is 5.82. The molecule has 0 unspecified atom stereocenters. The van der Waals surface area contributed by atoms with Crippen molar-refractivity contribution in [1.29, 1.82) is 0 Å². The van der Waals surface area contributed by atoms with E-state index in [0.717, 1.165) is 23.5 Å². The van der Waals surface area contributed by atoms with Gasteiger partial charge in [0.1, 0.15) is 0 Å². The standard InChI is InChI=1S/C10H20N6/c1-5-12-10(14-11)13-6-9-7(2)15-16(4)8(9)3/h5-6,11H2,1-4H3,(H2,12,13,14). The van der Waals surface area contributed by atoms with E-state index in [4.69, 9.17) is 5.84 Å². The highest BCUT2D eigenvalue weighted by Gasteiger charge is 2.08. The van der Waals surface area contributed by atoms with Crippen LogP contribution < -0.4 is 16.6 Å². The van der Waals surface area contributed by atoms with Crippen LogP contribution in [0, 0.1) is 13.8 Å². The summed E-state index contributed by atoms with van der Waals surface area (Å²) < 4.78 is 1.86. The van der Waals surface area contributed by atoms with Gasteiger partial charge in [-0.05, 0) is 20.8 Å². The third-order valence-corrected chi connectivity index (χ3v) is 2.54. The number of aliphatic imine (C=N–C) groups is 1. The molecule has 0 radical (unpaired) electrons. The van der Waals surface area contributed by atoms with Crippen molar-refractivity contribution < 1.29 is 0 Å². The summed E-state index contributed by atoms with van der Waals surface area (Å²) in [5.74, 6) is 5.94. The molecular formula is C10H20N6. The van der Waals surface area contributed by atoms with Crippen molar-refractivity contribution in [2.75, 3.05) is 6.54 Å². The minimum atomic E-state index is 0.581. The van der Waals surface area contributed by atoms with E-state index in [2.05, 4.69) is 20.8 Å². The zero-order valence-corrected chi connectivity index (χ0v) is 10.3. The monoisotopic (exact) mass is 224 g/mol. The van der Waals surface area contributed by atoms with E-state index in [-0.39, 0.29) is 0 Å². The van der Waals surface area contributed by atoms with Gasteiger partial charge in [0.25, 0.3) is 0 Å². The van der Waals surface area contributed by atoms with Crippen LogP contribution >= 0.6 is 0 Å². The molecule has 0 saturated carbocycles. The van der Waals surface area contributed by atoms with Gasteiger partial charge in [-0.3, -0.25) is 10.1 Å². The third-order valence-electron chi connectivity index (χ3n) is 2.54. The fraction of sp³-hybridized carbons (Fsp3) is 0.600. The smallest absolute Gasteiger partial charge is 0.206 e. The van der Waals surface area contributed by atoms with Crippen LogP contribution in [0.4, 0.5) is 0 Å². The van der Waals surface area contributed by atoms with Gasteiger partial charge in [0.05, 0.1) is 12.2 Å². The van der Waals surface area contributed by atoms with E-state index in [1.807, 2.05) is 32.5 Å². The predicted molar refractivity (Wildman–Crippen MR) is 64.8 cm³/mol. The molecule has 0 amide bonds. The molecule has 0 bridgehead atoms.